The number of hydrogen-bond donors (Lipinski definition) is 5. The van der Waals surface area contributed by atoms with Crippen LogP contribution in [0.2, 0.25) is 0 Å². The molecule has 1 saturated heterocycles. The van der Waals surface area contributed by atoms with Crippen molar-refractivity contribution in [3.8, 4) is 11.5 Å². The number of carbonyl (C=O) groups is 5. The number of rotatable bonds is 13. The summed E-state index contributed by atoms with van der Waals surface area (Å²) >= 11 is 0. The summed E-state index contributed by atoms with van der Waals surface area (Å²) in [6.07, 6.45) is 8.12. The molecule has 14 heteroatoms. The molecule has 0 atom stereocenters. The number of nitrogens with one attached hydrogen (secondary N) is 1. The monoisotopic (exact) mass is 649 g/mol. The van der Waals surface area contributed by atoms with E-state index in [1.165, 1.54) is 12.8 Å². The molecule has 1 aliphatic heterocycles. The summed E-state index contributed by atoms with van der Waals surface area (Å²) in [5, 5.41) is 34.5. The number of carboxylic acids is 4. The summed E-state index contributed by atoms with van der Waals surface area (Å²) in [6, 6.07) is 6.38. The highest BCUT2D eigenvalue weighted by Gasteiger charge is 2.20. The highest BCUT2D eigenvalue weighted by molar-refractivity contribution is 5.90. The minimum Gasteiger partial charge on any atom is -0.493 e. The second-order valence-electron chi connectivity index (χ2n) is 11.0. The van der Waals surface area contributed by atoms with Crippen LogP contribution in [0.25, 0.3) is 0 Å². The zero-order valence-electron chi connectivity index (χ0n) is 26.7. The third kappa shape index (κ3) is 19.1. The van der Waals surface area contributed by atoms with E-state index in [2.05, 4.69) is 29.1 Å². The van der Waals surface area contributed by atoms with E-state index in [-0.39, 0.29) is 5.91 Å². The summed E-state index contributed by atoms with van der Waals surface area (Å²) in [5.41, 5.74) is 1.10. The van der Waals surface area contributed by atoms with Gasteiger partial charge in [0.25, 0.3) is 0 Å². The SMILES string of the molecule is COc1cc(CCC(=O)NC2CCC(C)CC2)ccc1OCCN1CCN(C)CC1.O=C(O)/C=C\C(=O)O.O=C(O)/C=C\C(=O)O. The van der Waals surface area contributed by atoms with Gasteiger partial charge in [0, 0.05) is 69.5 Å². The Morgan fingerprint density at radius 2 is 1.35 bits per heavy atom. The van der Waals surface area contributed by atoms with E-state index in [1.807, 2.05) is 18.2 Å². The highest BCUT2D eigenvalue weighted by Crippen LogP contribution is 2.29. The topological polar surface area (TPSA) is 203 Å². The van der Waals surface area contributed by atoms with Crippen molar-refractivity contribution < 1.29 is 53.9 Å². The number of likely N-dealkylation sites (N-methyl/N-ethyl adjacent to an activating group) is 1. The van der Waals surface area contributed by atoms with E-state index in [9.17, 15) is 24.0 Å². The number of ether oxygens (including phenoxy) is 2. The van der Waals surface area contributed by atoms with E-state index in [1.54, 1.807) is 7.11 Å². The smallest absolute Gasteiger partial charge is 0.328 e. The molecule has 14 nitrogen and oxygen atoms in total. The summed E-state index contributed by atoms with van der Waals surface area (Å²) in [4.78, 5) is 55.3. The molecule has 1 amide bonds. The minimum atomic E-state index is -1.26. The van der Waals surface area contributed by atoms with Crippen molar-refractivity contribution in [1.29, 1.82) is 0 Å². The van der Waals surface area contributed by atoms with Crippen LogP contribution in [-0.4, -0.2) is 120 Å². The van der Waals surface area contributed by atoms with Crippen LogP contribution in [0.4, 0.5) is 0 Å². The Balaban J connectivity index is 0.000000545. The van der Waals surface area contributed by atoms with Gasteiger partial charge >= 0.3 is 23.9 Å². The van der Waals surface area contributed by atoms with Crippen molar-refractivity contribution in [2.75, 3.05) is 53.5 Å². The fourth-order valence-corrected chi connectivity index (χ4v) is 4.59. The van der Waals surface area contributed by atoms with Gasteiger partial charge in [-0.15, -0.1) is 0 Å². The lowest BCUT2D eigenvalue weighted by Gasteiger charge is -2.32. The Bertz CT molecular complexity index is 1120. The summed E-state index contributed by atoms with van der Waals surface area (Å²) in [5.74, 6) is -2.56. The number of hydrogen-bond acceptors (Lipinski definition) is 9. The molecule has 2 aliphatic rings. The largest absolute Gasteiger partial charge is 0.493 e. The van der Waals surface area contributed by atoms with Gasteiger partial charge in [0.05, 0.1) is 7.11 Å². The second-order valence-corrected chi connectivity index (χ2v) is 11.0. The number of carbonyl (C=O) groups excluding carboxylic acids is 1. The third-order valence-corrected chi connectivity index (χ3v) is 7.25. The van der Waals surface area contributed by atoms with E-state index in [0.29, 0.717) is 49.8 Å². The fourth-order valence-electron chi connectivity index (χ4n) is 4.59. The van der Waals surface area contributed by atoms with Crippen molar-refractivity contribution in [3.05, 3.63) is 48.1 Å². The number of amides is 1. The maximum Gasteiger partial charge on any atom is 0.328 e. The molecule has 1 saturated carbocycles. The van der Waals surface area contributed by atoms with Crippen LogP contribution in [-0.2, 0) is 30.4 Å². The van der Waals surface area contributed by atoms with Gasteiger partial charge in [0.1, 0.15) is 6.61 Å². The van der Waals surface area contributed by atoms with E-state index in [4.69, 9.17) is 29.9 Å². The molecule has 1 aromatic carbocycles. The van der Waals surface area contributed by atoms with Crippen molar-refractivity contribution in [2.45, 2.75) is 51.5 Å². The van der Waals surface area contributed by atoms with Gasteiger partial charge in [-0.05, 0) is 62.8 Å². The van der Waals surface area contributed by atoms with Crippen LogP contribution >= 0.6 is 0 Å². The molecule has 0 aromatic heterocycles. The number of benzene rings is 1. The number of carboxylic acid groups (broad SMARTS) is 4. The van der Waals surface area contributed by atoms with Gasteiger partial charge in [-0.25, -0.2) is 19.2 Å². The molecule has 1 aliphatic carbocycles. The predicted octanol–water partition coefficient (Wildman–Crippen LogP) is 2.37. The van der Waals surface area contributed by atoms with Gasteiger partial charge in [0.15, 0.2) is 11.5 Å². The molecule has 46 heavy (non-hydrogen) atoms. The molecular weight excluding hydrogens is 602 g/mol. The van der Waals surface area contributed by atoms with Crippen LogP contribution in [0, 0.1) is 5.92 Å². The normalized spacial score (nSPS) is 18.4. The molecule has 1 heterocycles. The van der Waals surface area contributed by atoms with Crippen molar-refractivity contribution in [1.82, 2.24) is 15.1 Å². The first-order chi connectivity index (χ1) is 21.8. The van der Waals surface area contributed by atoms with Gasteiger partial charge in [0.2, 0.25) is 5.91 Å². The second kappa shape index (κ2) is 22.1. The molecule has 0 bridgehead atoms. The van der Waals surface area contributed by atoms with Crippen LogP contribution in [0.1, 0.15) is 44.6 Å². The number of aryl methyl sites for hydroxylation is 1. The van der Waals surface area contributed by atoms with Crippen LogP contribution in [0.3, 0.4) is 0 Å². The lowest BCUT2D eigenvalue weighted by atomic mass is 9.87. The number of aliphatic carboxylic acids is 4. The fraction of sp³-hybridized carbons (Fsp3) is 0.531. The predicted molar refractivity (Wildman–Crippen MR) is 169 cm³/mol. The summed E-state index contributed by atoms with van der Waals surface area (Å²) in [7, 11) is 3.84. The van der Waals surface area contributed by atoms with Crippen LogP contribution in [0.5, 0.6) is 11.5 Å². The lowest BCUT2D eigenvalue weighted by molar-refractivity contribution is -0.134. The Morgan fingerprint density at radius 1 is 0.826 bits per heavy atom. The first-order valence-electron chi connectivity index (χ1n) is 15.1. The molecule has 2 fully saturated rings. The molecule has 256 valence electrons. The van der Waals surface area contributed by atoms with E-state index >= 15 is 0 Å². The Hall–Kier alpha value is -4.43. The Labute approximate surface area is 269 Å². The number of piperazine rings is 1. The van der Waals surface area contributed by atoms with E-state index in [0.717, 1.165) is 68.5 Å². The average Bonchev–Trinajstić information content (AvgIpc) is 3.01. The maximum atomic E-state index is 12.3. The van der Waals surface area contributed by atoms with Crippen molar-refractivity contribution in [3.63, 3.8) is 0 Å². The summed E-state index contributed by atoms with van der Waals surface area (Å²) in [6.45, 7) is 8.30. The molecule has 0 spiro atoms. The van der Waals surface area contributed by atoms with Crippen molar-refractivity contribution >= 4 is 29.8 Å². The highest BCUT2D eigenvalue weighted by atomic mass is 16.5. The standard InChI is InChI=1S/C24H39N3O3.2C4H4O4/c1-19-4-8-21(9-5-19)25-24(28)11-7-20-6-10-22(23(18-20)29-3)30-17-16-27-14-12-26(2)13-15-27;2*5-3(6)1-2-4(7)8/h6,10,18-19,21H,4-5,7-9,11-17H2,1-3H3,(H,25,28);2*1-2H,(H,5,6)(H,7,8)/b;2*2-1-. The summed E-state index contributed by atoms with van der Waals surface area (Å²) < 4.78 is 11.5. The number of methoxy groups -OCH3 is 1. The van der Waals surface area contributed by atoms with Gasteiger partial charge in [-0.3, -0.25) is 9.69 Å². The first-order valence-corrected chi connectivity index (χ1v) is 15.1. The molecule has 0 unspecified atom stereocenters. The van der Waals surface area contributed by atoms with Gasteiger partial charge in [-0.1, -0.05) is 13.0 Å². The Kier molecular flexibility index (Phi) is 19.1. The maximum absolute atomic E-state index is 12.3. The van der Waals surface area contributed by atoms with E-state index < -0.39 is 23.9 Å². The Morgan fingerprint density at radius 3 is 1.83 bits per heavy atom. The van der Waals surface area contributed by atoms with Gasteiger partial charge < -0.3 is 40.1 Å². The van der Waals surface area contributed by atoms with Crippen LogP contribution in [0.15, 0.2) is 42.5 Å². The zero-order valence-corrected chi connectivity index (χ0v) is 26.7. The molecular formula is C32H47N3O11. The zero-order chi connectivity index (χ0) is 34.5. The molecule has 3 rings (SSSR count). The van der Waals surface area contributed by atoms with Gasteiger partial charge in [-0.2, -0.15) is 0 Å². The molecule has 0 radical (unpaired) electrons. The molecule has 1 aromatic rings. The first kappa shape index (κ1) is 39.6. The van der Waals surface area contributed by atoms with Crippen molar-refractivity contribution in [2.24, 2.45) is 5.92 Å². The quantitative estimate of drug-likeness (QED) is 0.195. The minimum absolute atomic E-state index is 0.154. The average molecular weight is 650 g/mol. The number of nitrogens with zero attached hydrogens (tertiary/aromatic N) is 2. The molecule has 5 N–H and O–H groups in total. The van der Waals surface area contributed by atoms with Crippen LogP contribution < -0.4 is 14.8 Å². The third-order valence-electron chi connectivity index (χ3n) is 7.25. The lowest BCUT2D eigenvalue weighted by Crippen LogP contribution is -2.45.